The fourth-order valence-corrected chi connectivity index (χ4v) is 3.88. The predicted octanol–water partition coefficient (Wildman–Crippen LogP) is 1.81. The second-order valence-corrected chi connectivity index (χ2v) is 7.63. The van der Waals surface area contributed by atoms with E-state index in [4.69, 9.17) is 14.2 Å². The smallest absolute Gasteiger partial charge is 0.325 e. The summed E-state index contributed by atoms with van der Waals surface area (Å²) in [6.07, 6.45) is 2.95. The predicted molar refractivity (Wildman–Crippen MR) is 116 cm³/mol. The Kier molecular flexibility index (Phi) is 6.58. The minimum Gasteiger partial charge on any atom is -0.497 e. The summed E-state index contributed by atoms with van der Waals surface area (Å²) in [4.78, 5) is 38.8. The molecule has 32 heavy (non-hydrogen) atoms. The van der Waals surface area contributed by atoms with Gasteiger partial charge >= 0.3 is 12.0 Å². The maximum absolute atomic E-state index is 12.8. The van der Waals surface area contributed by atoms with Gasteiger partial charge in [-0.1, -0.05) is 0 Å². The van der Waals surface area contributed by atoms with E-state index in [0.717, 1.165) is 11.4 Å². The lowest BCUT2D eigenvalue weighted by Crippen LogP contribution is -2.47. The fraction of sp³-hybridized carbons (Fsp3) is 0.455. The molecule has 10 nitrogen and oxygen atoms in total. The molecule has 0 bridgehead atoms. The van der Waals surface area contributed by atoms with Crippen LogP contribution in [-0.2, 0) is 4.79 Å². The van der Waals surface area contributed by atoms with E-state index in [1.165, 1.54) is 7.11 Å². The van der Waals surface area contributed by atoms with Crippen molar-refractivity contribution in [3.05, 3.63) is 36.5 Å². The van der Waals surface area contributed by atoms with E-state index < -0.39 is 0 Å². The van der Waals surface area contributed by atoms with E-state index in [9.17, 15) is 9.59 Å². The van der Waals surface area contributed by atoms with Crippen molar-refractivity contribution >= 4 is 17.6 Å². The Morgan fingerprint density at radius 1 is 1.03 bits per heavy atom. The number of piperidine rings is 1. The van der Waals surface area contributed by atoms with E-state index in [1.807, 2.05) is 24.3 Å². The quantitative estimate of drug-likeness (QED) is 0.646. The summed E-state index contributed by atoms with van der Waals surface area (Å²) in [5.74, 6) is 1.15. The van der Waals surface area contributed by atoms with Gasteiger partial charge in [-0.25, -0.2) is 9.78 Å². The largest absolute Gasteiger partial charge is 0.497 e. The third-order valence-electron chi connectivity index (χ3n) is 5.68. The Bertz CT molecular complexity index is 946. The molecule has 2 aliphatic rings. The second-order valence-electron chi connectivity index (χ2n) is 7.63. The van der Waals surface area contributed by atoms with Gasteiger partial charge < -0.3 is 24.0 Å². The highest BCUT2D eigenvalue weighted by Crippen LogP contribution is 2.24. The lowest BCUT2D eigenvalue weighted by atomic mass is 10.1. The number of methoxy groups -OCH3 is 2. The van der Waals surface area contributed by atoms with Crippen LogP contribution in [0.4, 0.5) is 10.5 Å². The highest BCUT2D eigenvalue weighted by molar-refractivity contribution is 5.96. The van der Waals surface area contributed by atoms with Gasteiger partial charge in [0.1, 0.15) is 18.4 Å². The summed E-state index contributed by atoms with van der Waals surface area (Å²) in [6.45, 7) is 2.31. The van der Waals surface area contributed by atoms with Crippen LogP contribution < -0.4 is 19.1 Å². The van der Waals surface area contributed by atoms with E-state index in [1.54, 1.807) is 34.1 Å². The first-order valence-corrected chi connectivity index (χ1v) is 10.6. The monoisotopic (exact) mass is 441 g/mol. The number of urea groups is 1. The van der Waals surface area contributed by atoms with Gasteiger partial charge in [-0.15, -0.1) is 0 Å². The Labute approximate surface area is 186 Å². The molecule has 1 aromatic heterocycles. The molecule has 10 heteroatoms. The van der Waals surface area contributed by atoms with Crippen molar-refractivity contribution in [1.82, 2.24) is 19.8 Å². The first-order chi connectivity index (χ1) is 15.6. The average molecular weight is 441 g/mol. The molecule has 4 rings (SSSR count). The molecule has 0 unspecified atom stereocenters. The number of anilines is 1. The van der Waals surface area contributed by atoms with Gasteiger partial charge in [0.2, 0.25) is 11.8 Å². The molecule has 3 amide bonds. The van der Waals surface area contributed by atoms with Crippen LogP contribution in [0.2, 0.25) is 0 Å². The zero-order chi connectivity index (χ0) is 22.5. The van der Waals surface area contributed by atoms with Crippen LogP contribution in [0.1, 0.15) is 12.8 Å². The van der Waals surface area contributed by atoms with Crippen LogP contribution in [0.15, 0.2) is 36.5 Å². The van der Waals surface area contributed by atoms with Crippen LogP contribution in [0.3, 0.4) is 0 Å². The van der Waals surface area contributed by atoms with Crippen LogP contribution in [0, 0.1) is 0 Å². The summed E-state index contributed by atoms with van der Waals surface area (Å²) in [6, 6.07) is 9.13. The van der Waals surface area contributed by atoms with Crippen LogP contribution in [-0.4, -0.2) is 84.8 Å². The zero-order valence-corrected chi connectivity index (χ0v) is 18.3. The summed E-state index contributed by atoms with van der Waals surface area (Å²) in [7, 11) is 3.11. The van der Waals surface area contributed by atoms with Gasteiger partial charge in [-0.3, -0.25) is 9.69 Å². The summed E-state index contributed by atoms with van der Waals surface area (Å²) < 4.78 is 16.1. The topological polar surface area (TPSA) is 97.3 Å². The first-order valence-electron chi connectivity index (χ1n) is 10.6. The minimum atomic E-state index is -0.153. The number of rotatable bonds is 7. The zero-order valence-electron chi connectivity index (χ0n) is 18.3. The molecule has 170 valence electrons. The molecule has 2 saturated heterocycles. The highest BCUT2D eigenvalue weighted by atomic mass is 16.5. The number of nitrogens with zero attached hydrogens (tertiary/aromatic N) is 5. The number of hydrogen-bond acceptors (Lipinski definition) is 7. The normalized spacial score (nSPS) is 16.9. The first kappa shape index (κ1) is 21.7. The van der Waals surface area contributed by atoms with Crippen LogP contribution in [0.5, 0.6) is 17.6 Å². The van der Waals surface area contributed by atoms with Crippen LogP contribution >= 0.6 is 0 Å². The van der Waals surface area contributed by atoms with Crippen molar-refractivity contribution in [2.75, 3.05) is 51.8 Å². The molecule has 2 aliphatic heterocycles. The van der Waals surface area contributed by atoms with E-state index in [2.05, 4.69) is 9.97 Å². The van der Waals surface area contributed by atoms with Crippen molar-refractivity contribution in [3.63, 3.8) is 0 Å². The number of carbonyl (C=O) groups is 2. The molecule has 0 atom stereocenters. The molecule has 3 heterocycles. The molecular formula is C22H27N5O5. The molecule has 0 spiro atoms. The Balaban J connectivity index is 1.26. The van der Waals surface area contributed by atoms with Gasteiger partial charge in [-0.2, -0.15) is 4.98 Å². The standard InChI is InChI=1S/C22H27N5O5/c1-30-17-5-3-16(4-6-17)27-14-13-26(22(27)29)15-20(28)25-11-8-18(9-12-25)32-19-7-10-23-21(24-19)31-2/h3-7,10,18H,8-9,11-15H2,1-2H3. The van der Waals surface area contributed by atoms with Crippen molar-refractivity contribution in [2.24, 2.45) is 0 Å². The summed E-state index contributed by atoms with van der Waals surface area (Å²) in [5, 5.41) is 0. The third kappa shape index (κ3) is 4.84. The van der Waals surface area contributed by atoms with Gasteiger partial charge in [0.15, 0.2) is 0 Å². The Morgan fingerprint density at radius 3 is 2.47 bits per heavy atom. The van der Waals surface area contributed by atoms with Crippen molar-refractivity contribution in [1.29, 1.82) is 0 Å². The van der Waals surface area contributed by atoms with Gasteiger partial charge in [0.25, 0.3) is 0 Å². The molecule has 1 aromatic carbocycles. The number of likely N-dealkylation sites (tertiary alicyclic amines) is 1. The fourth-order valence-electron chi connectivity index (χ4n) is 3.88. The van der Waals surface area contributed by atoms with Crippen molar-refractivity contribution in [2.45, 2.75) is 18.9 Å². The molecule has 0 radical (unpaired) electrons. The Hall–Kier alpha value is -3.56. The number of aromatic nitrogens is 2. The lowest BCUT2D eigenvalue weighted by Gasteiger charge is -2.32. The summed E-state index contributed by atoms with van der Waals surface area (Å²) in [5.41, 5.74) is 0.796. The minimum absolute atomic E-state index is 0.0300. The third-order valence-corrected chi connectivity index (χ3v) is 5.68. The number of hydrogen-bond donors (Lipinski definition) is 0. The maximum atomic E-state index is 12.8. The molecule has 2 aromatic rings. The summed E-state index contributed by atoms with van der Waals surface area (Å²) >= 11 is 0. The Morgan fingerprint density at radius 2 is 1.78 bits per heavy atom. The van der Waals surface area contributed by atoms with Crippen LogP contribution in [0.25, 0.3) is 0 Å². The maximum Gasteiger partial charge on any atom is 0.325 e. The number of benzene rings is 1. The number of carbonyl (C=O) groups excluding carboxylic acids is 2. The molecular weight excluding hydrogens is 414 g/mol. The average Bonchev–Trinajstić information content (AvgIpc) is 3.19. The van der Waals surface area contributed by atoms with E-state index in [0.29, 0.717) is 44.9 Å². The second kappa shape index (κ2) is 9.71. The van der Waals surface area contributed by atoms with Gasteiger partial charge in [0, 0.05) is 57.0 Å². The SMILES string of the molecule is COc1ccc(N2CCN(CC(=O)N3CCC(Oc4ccnc(OC)n4)CC3)C2=O)cc1. The van der Waals surface area contributed by atoms with Crippen molar-refractivity contribution in [3.8, 4) is 17.6 Å². The number of ether oxygens (including phenoxy) is 3. The number of amides is 3. The van der Waals surface area contributed by atoms with E-state index >= 15 is 0 Å². The molecule has 2 fully saturated rings. The molecule has 0 N–H and O–H groups in total. The molecule has 0 saturated carbocycles. The molecule has 0 aliphatic carbocycles. The highest BCUT2D eigenvalue weighted by Gasteiger charge is 2.33. The van der Waals surface area contributed by atoms with Crippen molar-refractivity contribution < 1.29 is 23.8 Å². The lowest BCUT2D eigenvalue weighted by molar-refractivity contribution is -0.133. The van der Waals surface area contributed by atoms with Gasteiger partial charge in [0.05, 0.1) is 14.2 Å². The van der Waals surface area contributed by atoms with E-state index in [-0.39, 0.29) is 30.6 Å². The van der Waals surface area contributed by atoms with Gasteiger partial charge in [-0.05, 0) is 24.3 Å².